The van der Waals surface area contributed by atoms with E-state index in [0.29, 0.717) is 11.9 Å². The molecule has 2 aromatic carbocycles. The molecule has 1 aliphatic heterocycles. The molecule has 0 aromatic heterocycles. The number of thioether (sulfide) groups is 1. The monoisotopic (exact) mass is 341 g/mol. The van der Waals surface area contributed by atoms with Crippen molar-refractivity contribution >= 4 is 11.8 Å². The minimum absolute atomic E-state index is 0.333. The summed E-state index contributed by atoms with van der Waals surface area (Å²) in [6.07, 6.45) is 2.74. The van der Waals surface area contributed by atoms with Crippen LogP contribution in [0.15, 0.2) is 59.5 Å². The van der Waals surface area contributed by atoms with Crippen LogP contribution in [0.3, 0.4) is 0 Å². The molecule has 2 aliphatic rings. The van der Waals surface area contributed by atoms with Gasteiger partial charge in [0.05, 0.1) is 6.10 Å². The van der Waals surface area contributed by atoms with Crippen LogP contribution in [0.4, 0.5) is 0 Å². The Balaban J connectivity index is 1.25. The lowest BCUT2D eigenvalue weighted by molar-refractivity contribution is 0.189. The molecule has 2 aromatic rings. The van der Waals surface area contributed by atoms with Crippen molar-refractivity contribution in [3.05, 3.63) is 54.6 Å². The van der Waals surface area contributed by atoms with Crippen molar-refractivity contribution in [2.45, 2.75) is 23.8 Å². The Morgan fingerprint density at radius 3 is 2.29 bits per heavy atom. The standard InChI is InChI=1S/C20H23NO2S/c22-17-6-8-20(9-7-17)24-14-21-12-15-10-19(11-16(15)13-21)23-18-4-2-1-3-5-18/h1-9,15-16,19,22H,10-14H2/t15-,16+,19?. The highest BCUT2D eigenvalue weighted by molar-refractivity contribution is 7.99. The third kappa shape index (κ3) is 3.70. The van der Waals surface area contributed by atoms with Gasteiger partial charge in [-0.25, -0.2) is 0 Å². The Labute approximate surface area is 147 Å². The van der Waals surface area contributed by atoms with E-state index in [1.165, 1.54) is 30.8 Å². The number of nitrogens with zero attached hydrogens (tertiary/aromatic N) is 1. The summed E-state index contributed by atoms with van der Waals surface area (Å²) in [5.41, 5.74) is 0. The molecule has 1 heterocycles. The number of phenols is 1. The van der Waals surface area contributed by atoms with Crippen molar-refractivity contribution in [1.82, 2.24) is 4.90 Å². The summed E-state index contributed by atoms with van der Waals surface area (Å²) in [7, 11) is 0. The number of para-hydroxylation sites is 1. The lowest BCUT2D eigenvalue weighted by atomic mass is 10.0. The number of rotatable bonds is 5. The smallest absolute Gasteiger partial charge is 0.119 e. The number of fused-ring (bicyclic) bond motifs is 1. The van der Waals surface area contributed by atoms with Gasteiger partial charge >= 0.3 is 0 Å². The van der Waals surface area contributed by atoms with E-state index in [1.54, 1.807) is 12.1 Å². The minimum atomic E-state index is 0.333. The van der Waals surface area contributed by atoms with E-state index in [1.807, 2.05) is 42.1 Å². The van der Waals surface area contributed by atoms with Gasteiger partial charge in [0.15, 0.2) is 0 Å². The lowest BCUT2D eigenvalue weighted by Crippen LogP contribution is -2.24. The fraction of sp³-hybridized carbons (Fsp3) is 0.400. The molecule has 2 fully saturated rings. The van der Waals surface area contributed by atoms with Crippen LogP contribution in [-0.2, 0) is 0 Å². The zero-order valence-corrected chi connectivity index (χ0v) is 14.5. The van der Waals surface area contributed by atoms with Gasteiger partial charge in [0, 0.05) is 23.9 Å². The summed E-state index contributed by atoms with van der Waals surface area (Å²) in [6, 6.07) is 17.7. The Morgan fingerprint density at radius 1 is 0.958 bits per heavy atom. The third-order valence-electron chi connectivity index (χ3n) is 5.08. The molecule has 24 heavy (non-hydrogen) atoms. The van der Waals surface area contributed by atoms with Crippen LogP contribution in [0, 0.1) is 11.8 Å². The van der Waals surface area contributed by atoms with E-state index >= 15 is 0 Å². The molecule has 126 valence electrons. The predicted octanol–water partition coefficient (Wildman–Crippen LogP) is 4.23. The number of hydrogen-bond donors (Lipinski definition) is 1. The molecule has 3 atom stereocenters. The minimum Gasteiger partial charge on any atom is -0.508 e. The Hall–Kier alpha value is -1.65. The second-order valence-corrected chi connectivity index (χ2v) is 7.87. The van der Waals surface area contributed by atoms with Crippen molar-refractivity contribution in [2.24, 2.45) is 11.8 Å². The zero-order chi connectivity index (χ0) is 16.4. The van der Waals surface area contributed by atoms with Crippen LogP contribution < -0.4 is 4.74 Å². The van der Waals surface area contributed by atoms with Gasteiger partial charge in [-0.1, -0.05) is 18.2 Å². The average Bonchev–Trinajstić information content (AvgIpc) is 3.13. The van der Waals surface area contributed by atoms with E-state index in [0.717, 1.165) is 23.5 Å². The van der Waals surface area contributed by atoms with Crippen LogP contribution in [-0.4, -0.2) is 35.1 Å². The Bertz CT molecular complexity index is 647. The molecule has 1 saturated carbocycles. The molecule has 0 amide bonds. The molecular weight excluding hydrogens is 318 g/mol. The van der Waals surface area contributed by atoms with E-state index < -0.39 is 0 Å². The summed E-state index contributed by atoms with van der Waals surface area (Å²) in [5, 5.41) is 9.34. The fourth-order valence-electron chi connectivity index (χ4n) is 3.94. The van der Waals surface area contributed by atoms with Crippen LogP contribution in [0.5, 0.6) is 11.5 Å². The van der Waals surface area contributed by atoms with E-state index in [4.69, 9.17) is 4.74 Å². The van der Waals surface area contributed by atoms with E-state index in [2.05, 4.69) is 17.0 Å². The van der Waals surface area contributed by atoms with Gasteiger partial charge in [-0.2, -0.15) is 0 Å². The summed E-state index contributed by atoms with van der Waals surface area (Å²) >= 11 is 1.85. The van der Waals surface area contributed by atoms with Gasteiger partial charge in [-0.3, -0.25) is 4.90 Å². The number of ether oxygens (including phenoxy) is 1. The topological polar surface area (TPSA) is 32.7 Å². The highest BCUT2D eigenvalue weighted by Gasteiger charge is 2.41. The average molecular weight is 341 g/mol. The first kappa shape index (κ1) is 15.9. The molecule has 1 unspecified atom stereocenters. The molecule has 4 rings (SSSR count). The van der Waals surface area contributed by atoms with Gasteiger partial charge in [-0.05, 0) is 61.1 Å². The molecule has 1 saturated heterocycles. The molecule has 4 heteroatoms. The molecule has 1 aliphatic carbocycles. The van der Waals surface area contributed by atoms with Gasteiger partial charge in [-0.15, -0.1) is 11.8 Å². The van der Waals surface area contributed by atoms with Crippen LogP contribution in [0.2, 0.25) is 0 Å². The SMILES string of the molecule is Oc1ccc(SCN2C[C@H]3CC(Oc4ccccc4)C[C@H]3C2)cc1. The highest BCUT2D eigenvalue weighted by Crippen LogP contribution is 2.40. The van der Waals surface area contributed by atoms with Crippen LogP contribution in [0.1, 0.15) is 12.8 Å². The van der Waals surface area contributed by atoms with E-state index in [9.17, 15) is 5.11 Å². The van der Waals surface area contributed by atoms with Crippen molar-refractivity contribution in [1.29, 1.82) is 0 Å². The fourth-order valence-corrected chi connectivity index (χ4v) is 4.81. The molecule has 1 N–H and O–H groups in total. The van der Waals surface area contributed by atoms with Crippen molar-refractivity contribution in [2.75, 3.05) is 19.0 Å². The first-order valence-corrected chi connectivity index (χ1v) is 9.61. The van der Waals surface area contributed by atoms with E-state index in [-0.39, 0.29) is 0 Å². The summed E-state index contributed by atoms with van der Waals surface area (Å²) in [4.78, 5) is 3.78. The Kier molecular flexibility index (Phi) is 4.67. The quantitative estimate of drug-likeness (QED) is 0.825. The lowest BCUT2D eigenvalue weighted by Gasteiger charge is -2.19. The molecule has 0 radical (unpaired) electrons. The summed E-state index contributed by atoms with van der Waals surface area (Å²) in [6.45, 7) is 2.37. The Morgan fingerprint density at radius 2 is 1.62 bits per heavy atom. The summed E-state index contributed by atoms with van der Waals surface area (Å²) < 4.78 is 6.14. The second kappa shape index (κ2) is 7.08. The maximum Gasteiger partial charge on any atom is 0.119 e. The number of benzene rings is 2. The maximum absolute atomic E-state index is 9.34. The number of likely N-dealkylation sites (tertiary alicyclic amines) is 1. The zero-order valence-electron chi connectivity index (χ0n) is 13.7. The molecular formula is C20H23NO2S. The van der Waals surface area contributed by atoms with Gasteiger partial charge < -0.3 is 9.84 Å². The summed E-state index contributed by atoms with van der Waals surface area (Å²) in [5.74, 6) is 3.92. The van der Waals surface area contributed by atoms with Crippen LogP contribution >= 0.6 is 11.8 Å². The van der Waals surface area contributed by atoms with Crippen molar-refractivity contribution in [3.63, 3.8) is 0 Å². The van der Waals surface area contributed by atoms with Crippen LogP contribution in [0.25, 0.3) is 0 Å². The molecule has 0 spiro atoms. The van der Waals surface area contributed by atoms with Crippen molar-refractivity contribution in [3.8, 4) is 11.5 Å². The maximum atomic E-state index is 9.34. The number of aromatic hydroxyl groups is 1. The first-order valence-electron chi connectivity index (χ1n) is 8.62. The third-order valence-corrected chi connectivity index (χ3v) is 6.18. The first-order chi connectivity index (χ1) is 11.8. The van der Waals surface area contributed by atoms with Gasteiger partial charge in [0.1, 0.15) is 11.5 Å². The highest BCUT2D eigenvalue weighted by atomic mass is 32.2. The predicted molar refractivity (Wildman–Crippen MR) is 97.5 cm³/mol. The van der Waals surface area contributed by atoms with Crippen molar-refractivity contribution < 1.29 is 9.84 Å². The molecule has 0 bridgehead atoms. The number of hydrogen-bond acceptors (Lipinski definition) is 4. The largest absolute Gasteiger partial charge is 0.508 e. The molecule has 3 nitrogen and oxygen atoms in total. The van der Waals surface area contributed by atoms with Gasteiger partial charge in [0.2, 0.25) is 0 Å². The van der Waals surface area contributed by atoms with Gasteiger partial charge in [0.25, 0.3) is 0 Å². The second-order valence-electron chi connectivity index (χ2n) is 6.85. The number of phenolic OH excluding ortho intramolecular Hbond substituents is 1. The normalized spacial score (nSPS) is 26.4.